The summed E-state index contributed by atoms with van der Waals surface area (Å²) in [6.07, 6.45) is 2.48. The Hall–Kier alpha value is -1.59. The molecule has 0 atom stereocenters. The van der Waals surface area contributed by atoms with Gasteiger partial charge in [-0.3, -0.25) is 9.59 Å². The molecule has 0 saturated heterocycles. The summed E-state index contributed by atoms with van der Waals surface area (Å²) in [6.45, 7) is 3.47. The van der Waals surface area contributed by atoms with Gasteiger partial charge in [0.15, 0.2) is 0 Å². The third kappa shape index (κ3) is 5.02. The van der Waals surface area contributed by atoms with Gasteiger partial charge in [-0.1, -0.05) is 11.6 Å². The summed E-state index contributed by atoms with van der Waals surface area (Å²) in [4.78, 5) is 23.9. The third-order valence-electron chi connectivity index (χ3n) is 3.25. The van der Waals surface area contributed by atoms with Gasteiger partial charge in [0, 0.05) is 11.6 Å². The van der Waals surface area contributed by atoms with Crippen LogP contribution in [0.15, 0.2) is 18.2 Å². The van der Waals surface area contributed by atoms with Crippen molar-refractivity contribution in [1.29, 1.82) is 0 Å². The molecule has 1 aromatic rings. The summed E-state index contributed by atoms with van der Waals surface area (Å²) in [5, 5.41) is 9.04. The van der Waals surface area contributed by atoms with Crippen LogP contribution in [0.3, 0.4) is 0 Å². The van der Waals surface area contributed by atoms with Crippen LogP contribution < -0.4 is 16.0 Å². The maximum Gasteiger partial charge on any atom is 0.253 e. The van der Waals surface area contributed by atoms with Crippen LogP contribution in [0.2, 0.25) is 5.02 Å². The lowest BCUT2D eigenvalue weighted by Gasteiger charge is -2.12. The van der Waals surface area contributed by atoms with Gasteiger partial charge in [-0.15, -0.1) is 0 Å². The van der Waals surface area contributed by atoms with Gasteiger partial charge < -0.3 is 16.0 Å². The van der Waals surface area contributed by atoms with Gasteiger partial charge in [0.05, 0.1) is 17.8 Å². The first-order valence-corrected chi connectivity index (χ1v) is 7.56. The predicted octanol–water partition coefficient (Wildman–Crippen LogP) is 2.03. The number of rotatable bonds is 7. The number of hydrogen-bond acceptors (Lipinski definition) is 3. The lowest BCUT2D eigenvalue weighted by atomic mass is 10.1. The maximum atomic E-state index is 11.9. The Morgan fingerprint density at radius 1 is 1.33 bits per heavy atom. The van der Waals surface area contributed by atoms with Crippen molar-refractivity contribution in [3.05, 3.63) is 28.8 Å². The quantitative estimate of drug-likeness (QED) is 0.722. The number of benzene rings is 1. The molecule has 1 aliphatic rings. The Kier molecular flexibility index (Phi) is 5.59. The highest BCUT2D eigenvalue weighted by molar-refractivity contribution is 6.31. The first kappa shape index (κ1) is 15.8. The highest BCUT2D eigenvalue weighted by Gasteiger charge is 2.20. The summed E-state index contributed by atoms with van der Waals surface area (Å²) in [6, 6.07) is 4.83. The lowest BCUT2D eigenvalue weighted by Crippen LogP contribution is -2.31. The van der Waals surface area contributed by atoms with E-state index in [1.807, 2.05) is 6.92 Å². The van der Waals surface area contributed by atoms with Crippen molar-refractivity contribution in [2.75, 3.05) is 25.0 Å². The molecule has 0 unspecified atom stereocenters. The van der Waals surface area contributed by atoms with Crippen LogP contribution in [-0.4, -0.2) is 31.4 Å². The van der Waals surface area contributed by atoms with Crippen molar-refractivity contribution in [1.82, 2.24) is 10.6 Å². The minimum atomic E-state index is -0.226. The molecule has 6 heteroatoms. The summed E-state index contributed by atoms with van der Waals surface area (Å²) in [5.74, 6) is 0.314. The average Bonchev–Trinajstić information content (AvgIpc) is 3.23. The number of hydrogen-bond donors (Lipinski definition) is 3. The molecule has 21 heavy (non-hydrogen) atoms. The standard InChI is InChI=1S/C15H20ClN3O2/c1-2-18-15(21)12-6-5-11(16)7-13(12)19-14(20)9-17-8-10-3-4-10/h5-7,10,17H,2-4,8-9H2,1H3,(H,18,21)(H,19,20). The van der Waals surface area contributed by atoms with E-state index in [4.69, 9.17) is 11.6 Å². The monoisotopic (exact) mass is 309 g/mol. The highest BCUT2D eigenvalue weighted by atomic mass is 35.5. The number of carbonyl (C=O) groups excluding carboxylic acids is 2. The molecule has 5 nitrogen and oxygen atoms in total. The second-order valence-electron chi connectivity index (χ2n) is 5.17. The van der Waals surface area contributed by atoms with Crippen molar-refractivity contribution in [2.45, 2.75) is 19.8 Å². The molecule has 0 heterocycles. The number of anilines is 1. The van der Waals surface area contributed by atoms with E-state index in [2.05, 4.69) is 16.0 Å². The summed E-state index contributed by atoms with van der Waals surface area (Å²) in [5.41, 5.74) is 0.850. The van der Waals surface area contributed by atoms with E-state index >= 15 is 0 Å². The van der Waals surface area contributed by atoms with E-state index in [1.165, 1.54) is 12.8 Å². The normalized spacial score (nSPS) is 13.8. The molecule has 1 fully saturated rings. The fraction of sp³-hybridized carbons (Fsp3) is 0.467. The van der Waals surface area contributed by atoms with Crippen LogP contribution >= 0.6 is 11.6 Å². The Morgan fingerprint density at radius 3 is 2.76 bits per heavy atom. The smallest absolute Gasteiger partial charge is 0.253 e. The second kappa shape index (κ2) is 7.43. The van der Waals surface area contributed by atoms with E-state index in [9.17, 15) is 9.59 Å². The van der Waals surface area contributed by atoms with E-state index < -0.39 is 0 Å². The molecular formula is C15H20ClN3O2. The molecule has 2 amide bonds. The van der Waals surface area contributed by atoms with Gasteiger partial charge >= 0.3 is 0 Å². The van der Waals surface area contributed by atoms with E-state index in [0.717, 1.165) is 12.5 Å². The molecule has 0 bridgehead atoms. The molecule has 2 rings (SSSR count). The van der Waals surface area contributed by atoms with E-state index in [-0.39, 0.29) is 18.4 Å². The molecule has 0 spiro atoms. The molecule has 0 aliphatic heterocycles. The first-order chi connectivity index (χ1) is 10.1. The second-order valence-corrected chi connectivity index (χ2v) is 5.61. The molecule has 1 aliphatic carbocycles. The van der Waals surface area contributed by atoms with Crippen LogP contribution in [0.25, 0.3) is 0 Å². The zero-order valence-corrected chi connectivity index (χ0v) is 12.8. The molecular weight excluding hydrogens is 290 g/mol. The molecule has 1 saturated carbocycles. The summed E-state index contributed by atoms with van der Waals surface area (Å²) in [7, 11) is 0. The van der Waals surface area contributed by atoms with Crippen LogP contribution in [-0.2, 0) is 4.79 Å². The third-order valence-corrected chi connectivity index (χ3v) is 3.49. The highest BCUT2D eigenvalue weighted by Crippen LogP contribution is 2.27. The predicted molar refractivity (Wildman–Crippen MR) is 83.7 cm³/mol. The SMILES string of the molecule is CCNC(=O)c1ccc(Cl)cc1NC(=O)CNCC1CC1. The fourth-order valence-corrected chi connectivity index (χ4v) is 2.15. The summed E-state index contributed by atoms with van der Waals surface area (Å²) >= 11 is 5.94. The van der Waals surface area contributed by atoms with E-state index in [0.29, 0.717) is 22.8 Å². The van der Waals surface area contributed by atoms with Crippen molar-refractivity contribution >= 4 is 29.1 Å². The van der Waals surface area contributed by atoms with Gasteiger partial charge in [-0.25, -0.2) is 0 Å². The van der Waals surface area contributed by atoms with E-state index in [1.54, 1.807) is 18.2 Å². The number of halogens is 1. The minimum absolute atomic E-state index is 0.177. The molecule has 0 radical (unpaired) electrons. The Bertz CT molecular complexity index is 530. The Labute approximate surface area is 129 Å². The number of carbonyl (C=O) groups is 2. The van der Waals surface area contributed by atoms with Crippen molar-refractivity contribution < 1.29 is 9.59 Å². The van der Waals surface area contributed by atoms with Crippen LogP contribution in [0.4, 0.5) is 5.69 Å². The van der Waals surface area contributed by atoms with Crippen molar-refractivity contribution in [3.8, 4) is 0 Å². The van der Waals surface area contributed by atoms with Crippen molar-refractivity contribution in [2.24, 2.45) is 5.92 Å². The fourth-order valence-electron chi connectivity index (χ4n) is 1.98. The average molecular weight is 310 g/mol. The van der Waals surface area contributed by atoms with Crippen molar-refractivity contribution in [3.63, 3.8) is 0 Å². The molecule has 1 aromatic carbocycles. The lowest BCUT2D eigenvalue weighted by molar-refractivity contribution is -0.115. The van der Waals surface area contributed by atoms with Gasteiger partial charge in [-0.05, 0) is 50.4 Å². The maximum absolute atomic E-state index is 11.9. The molecule has 114 valence electrons. The van der Waals surface area contributed by atoms with Gasteiger partial charge in [0.25, 0.3) is 5.91 Å². The largest absolute Gasteiger partial charge is 0.352 e. The van der Waals surface area contributed by atoms with Crippen LogP contribution in [0.1, 0.15) is 30.1 Å². The van der Waals surface area contributed by atoms with Gasteiger partial charge in [0.1, 0.15) is 0 Å². The zero-order valence-electron chi connectivity index (χ0n) is 12.0. The number of nitrogens with one attached hydrogen (secondary N) is 3. The summed E-state index contributed by atoms with van der Waals surface area (Å²) < 4.78 is 0. The Morgan fingerprint density at radius 2 is 2.10 bits per heavy atom. The minimum Gasteiger partial charge on any atom is -0.352 e. The topological polar surface area (TPSA) is 70.2 Å². The number of amides is 2. The van der Waals surface area contributed by atoms with Crippen LogP contribution in [0, 0.1) is 5.92 Å². The molecule has 3 N–H and O–H groups in total. The van der Waals surface area contributed by atoms with Gasteiger partial charge in [-0.2, -0.15) is 0 Å². The van der Waals surface area contributed by atoms with Crippen LogP contribution in [0.5, 0.6) is 0 Å². The van der Waals surface area contributed by atoms with Gasteiger partial charge in [0.2, 0.25) is 5.91 Å². The first-order valence-electron chi connectivity index (χ1n) is 7.18. The Balaban J connectivity index is 1.97. The molecule has 0 aromatic heterocycles. The zero-order chi connectivity index (χ0) is 15.2.